The molecular weight excluding hydrogens is 314 g/mol. The molecule has 5 heteroatoms. The molecule has 1 aliphatic heterocycles. The van der Waals surface area contributed by atoms with Crippen molar-refractivity contribution in [1.82, 2.24) is 0 Å². The Morgan fingerprint density at radius 2 is 2.23 bits per heavy atom. The molecule has 0 fully saturated rings. The second-order valence-corrected chi connectivity index (χ2v) is 6.87. The summed E-state index contributed by atoms with van der Waals surface area (Å²) in [4.78, 5) is 16.4. The van der Waals surface area contributed by atoms with Gasteiger partial charge in [-0.15, -0.1) is 6.58 Å². The Morgan fingerprint density at radius 1 is 1.41 bits per heavy atom. The molecule has 0 saturated heterocycles. The van der Waals surface area contributed by atoms with Crippen LogP contribution in [0, 0.1) is 0 Å². The largest absolute Gasteiger partial charge is 0.493 e. The van der Waals surface area contributed by atoms with Crippen LogP contribution in [0.15, 0.2) is 47.6 Å². The second kappa shape index (κ2) is 8.86. The molecule has 0 aliphatic carbocycles. The lowest BCUT2D eigenvalue weighted by Crippen LogP contribution is -1.98. The lowest BCUT2D eigenvalue weighted by Gasteiger charge is -2.08. The van der Waals surface area contributed by atoms with Crippen LogP contribution in [-0.4, -0.2) is 21.9 Å². The molecule has 0 unspecified atom stereocenters. The van der Waals surface area contributed by atoms with Gasteiger partial charge in [0.1, 0.15) is 15.8 Å². The van der Waals surface area contributed by atoms with Gasteiger partial charge in [0, 0.05) is 11.3 Å². The lowest BCUT2D eigenvalue weighted by molar-refractivity contribution is -0.107. The summed E-state index contributed by atoms with van der Waals surface area (Å²) in [5.74, 6) is 1.55. The number of hydrogen-bond acceptors (Lipinski definition) is 5. The summed E-state index contributed by atoms with van der Waals surface area (Å²) in [5, 5.41) is -0.0186. The van der Waals surface area contributed by atoms with Crippen LogP contribution in [-0.2, 0) is 4.79 Å². The van der Waals surface area contributed by atoms with Crippen molar-refractivity contribution in [3.8, 4) is 5.75 Å². The second-order valence-electron chi connectivity index (χ2n) is 4.64. The summed E-state index contributed by atoms with van der Waals surface area (Å²) in [6.07, 6.45) is 5.71. The molecule has 0 spiro atoms. The van der Waals surface area contributed by atoms with Gasteiger partial charge in [0.25, 0.3) is 0 Å². The summed E-state index contributed by atoms with van der Waals surface area (Å²) in [6, 6.07) is 7.73. The van der Waals surface area contributed by atoms with Gasteiger partial charge in [0.15, 0.2) is 0 Å². The van der Waals surface area contributed by atoms with E-state index in [2.05, 4.69) is 18.5 Å². The van der Waals surface area contributed by atoms with Crippen LogP contribution in [0.25, 0.3) is 6.08 Å². The SMILES string of the molecule is C=CCSC1=N/C(=C\c2ccccc2OCCCC)C(=O)S1. The van der Waals surface area contributed by atoms with E-state index in [1.165, 1.54) is 23.5 Å². The molecule has 0 amide bonds. The van der Waals surface area contributed by atoms with Crippen LogP contribution >= 0.6 is 23.5 Å². The first-order valence-electron chi connectivity index (χ1n) is 7.22. The van der Waals surface area contributed by atoms with Crippen LogP contribution in [0.3, 0.4) is 0 Å². The van der Waals surface area contributed by atoms with E-state index < -0.39 is 0 Å². The van der Waals surface area contributed by atoms with Gasteiger partial charge in [-0.05, 0) is 30.3 Å². The quantitative estimate of drug-likeness (QED) is 0.410. The summed E-state index contributed by atoms with van der Waals surface area (Å²) >= 11 is 2.70. The van der Waals surface area contributed by atoms with Crippen LogP contribution in [0.4, 0.5) is 0 Å². The highest BCUT2D eigenvalue weighted by Gasteiger charge is 2.22. The fourth-order valence-electron chi connectivity index (χ4n) is 1.79. The van der Waals surface area contributed by atoms with Crippen molar-refractivity contribution in [2.24, 2.45) is 4.99 Å². The van der Waals surface area contributed by atoms with Crippen LogP contribution in [0.1, 0.15) is 25.3 Å². The standard InChI is InChI=1S/C17H19NO2S2/c1-3-5-10-20-15-9-7-6-8-13(15)12-14-16(19)22-17(18-14)21-11-4-2/h4,6-9,12H,2-3,5,10-11H2,1H3/b14-12-. The van der Waals surface area contributed by atoms with E-state index in [0.29, 0.717) is 12.3 Å². The molecule has 0 radical (unpaired) electrons. The minimum Gasteiger partial charge on any atom is -0.493 e. The highest BCUT2D eigenvalue weighted by Crippen LogP contribution is 2.32. The number of unbranched alkanes of at least 4 members (excludes halogenated alkanes) is 1. The van der Waals surface area contributed by atoms with E-state index in [0.717, 1.165) is 34.3 Å². The van der Waals surface area contributed by atoms with Crippen LogP contribution < -0.4 is 4.74 Å². The zero-order valence-corrected chi connectivity index (χ0v) is 14.2. The molecule has 3 nitrogen and oxygen atoms in total. The van der Waals surface area contributed by atoms with Gasteiger partial charge >= 0.3 is 0 Å². The molecule has 0 atom stereocenters. The minimum absolute atomic E-state index is 0.0186. The van der Waals surface area contributed by atoms with E-state index in [9.17, 15) is 4.79 Å². The molecule has 116 valence electrons. The highest BCUT2D eigenvalue weighted by molar-refractivity contribution is 8.45. The monoisotopic (exact) mass is 333 g/mol. The lowest BCUT2D eigenvalue weighted by atomic mass is 10.1. The summed E-state index contributed by atoms with van der Waals surface area (Å²) in [7, 11) is 0. The maximum absolute atomic E-state index is 12.0. The fourth-order valence-corrected chi connectivity index (χ4v) is 3.39. The van der Waals surface area contributed by atoms with Gasteiger partial charge in [-0.25, -0.2) is 4.99 Å². The van der Waals surface area contributed by atoms with Crippen molar-refractivity contribution in [3.05, 3.63) is 48.2 Å². The normalized spacial score (nSPS) is 16.0. The Kier molecular flexibility index (Phi) is 6.80. The number of rotatable bonds is 7. The average molecular weight is 333 g/mol. The maximum Gasteiger partial charge on any atom is 0.244 e. The third kappa shape index (κ3) is 4.78. The van der Waals surface area contributed by atoms with Gasteiger partial charge in [0.2, 0.25) is 5.12 Å². The van der Waals surface area contributed by atoms with Crippen molar-refractivity contribution in [2.45, 2.75) is 19.8 Å². The number of para-hydroxylation sites is 1. The van der Waals surface area contributed by atoms with Crippen molar-refractivity contribution in [3.63, 3.8) is 0 Å². The Bertz CT molecular complexity index is 608. The predicted molar refractivity (Wildman–Crippen MR) is 97.5 cm³/mol. The van der Waals surface area contributed by atoms with E-state index in [-0.39, 0.29) is 5.12 Å². The van der Waals surface area contributed by atoms with E-state index in [1.54, 1.807) is 12.2 Å². The Morgan fingerprint density at radius 3 is 3.00 bits per heavy atom. The zero-order valence-electron chi connectivity index (χ0n) is 12.6. The molecule has 0 N–H and O–H groups in total. The maximum atomic E-state index is 12.0. The zero-order chi connectivity index (χ0) is 15.8. The number of carbonyl (C=O) groups is 1. The molecule has 0 bridgehead atoms. The van der Waals surface area contributed by atoms with Gasteiger partial charge in [-0.2, -0.15) is 0 Å². The van der Waals surface area contributed by atoms with Crippen molar-refractivity contribution >= 4 is 39.1 Å². The summed E-state index contributed by atoms with van der Waals surface area (Å²) in [6.45, 7) is 6.48. The van der Waals surface area contributed by atoms with Gasteiger partial charge in [0.05, 0.1) is 6.61 Å². The number of aliphatic imine (C=N–C) groups is 1. The van der Waals surface area contributed by atoms with E-state index in [1.807, 2.05) is 24.3 Å². The smallest absolute Gasteiger partial charge is 0.244 e. The highest BCUT2D eigenvalue weighted by atomic mass is 32.2. The topological polar surface area (TPSA) is 38.7 Å². The third-order valence-corrected chi connectivity index (χ3v) is 4.90. The van der Waals surface area contributed by atoms with Crippen molar-refractivity contribution in [2.75, 3.05) is 12.4 Å². The first kappa shape index (κ1) is 16.9. The average Bonchev–Trinajstić information content (AvgIpc) is 2.87. The van der Waals surface area contributed by atoms with E-state index in [4.69, 9.17) is 4.74 Å². The summed E-state index contributed by atoms with van der Waals surface area (Å²) < 4.78 is 6.56. The number of nitrogens with zero attached hydrogens (tertiary/aromatic N) is 1. The number of carbonyl (C=O) groups excluding carboxylic acids is 1. The molecule has 0 aromatic heterocycles. The molecule has 2 rings (SSSR count). The van der Waals surface area contributed by atoms with E-state index >= 15 is 0 Å². The molecule has 1 aliphatic rings. The number of thioether (sulfide) groups is 2. The Hall–Kier alpha value is -1.46. The molecule has 1 aromatic carbocycles. The number of hydrogen-bond donors (Lipinski definition) is 0. The van der Waals surface area contributed by atoms with Crippen LogP contribution in [0.2, 0.25) is 0 Å². The summed E-state index contributed by atoms with van der Waals surface area (Å²) in [5.41, 5.74) is 1.37. The minimum atomic E-state index is -0.0186. The van der Waals surface area contributed by atoms with Crippen molar-refractivity contribution in [1.29, 1.82) is 0 Å². The van der Waals surface area contributed by atoms with Gasteiger partial charge in [-0.1, -0.05) is 49.4 Å². The van der Waals surface area contributed by atoms with Crippen molar-refractivity contribution < 1.29 is 9.53 Å². The Balaban J connectivity index is 2.16. The molecule has 1 aromatic rings. The first-order valence-corrected chi connectivity index (χ1v) is 9.03. The van der Waals surface area contributed by atoms with Gasteiger partial charge < -0.3 is 4.74 Å². The van der Waals surface area contributed by atoms with Crippen LogP contribution in [0.5, 0.6) is 5.75 Å². The third-order valence-electron chi connectivity index (χ3n) is 2.89. The first-order chi connectivity index (χ1) is 10.7. The fraction of sp³-hybridized carbons (Fsp3) is 0.294. The Labute approximate surface area is 139 Å². The molecule has 22 heavy (non-hydrogen) atoms. The van der Waals surface area contributed by atoms with Gasteiger partial charge in [-0.3, -0.25) is 4.79 Å². The molecule has 0 saturated carbocycles. The number of ether oxygens (including phenoxy) is 1. The molecule has 1 heterocycles. The number of benzene rings is 1. The molecular formula is C17H19NO2S2. The predicted octanol–water partition coefficient (Wildman–Crippen LogP) is 4.76.